The lowest BCUT2D eigenvalue weighted by Crippen LogP contribution is -2.44. The first kappa shape index (κ1) is 15.5. The number of piperidine rings is 1. The molecule has 1 amide bonds. The molecule has 0 saturated carbocycles. The van der Waals surface area contributed by atoms with Gasteiger partial charge >= 0.3 is 0 Å². The summed E-state index contributed by atoms with van der Waals surface area (Å²) in [6.45, 7) is 5.70. The molecule has 0 N–H and O–H groups in total. The van der Waals surface area contributed by atoms with Crippen molar-refractivity contribution in [3.63, 3.8) is 0 Å². The number of amides is 1. The fourth-order valence-corrected chi connectivity index (χ4v) is 3.26. The van der Waals surface area contributed by atoms with Crippen molar-refractivity contribution in [1.29, 1.82) is 0 Å². The normalized spacial score (nSPS) is 25.9. The highest BCUT2D eigenvalue weighted by Gasteiger charge is 2.36. The molecular formula is C16H25N3O3. The Morgan fingerprint density at radius 2 is 2.18 bits per heavy atom. The molecule has 0 unspecified atom stereocenters. The van der Waals surface area contributed by atoms with Crippen molar-refractivity contribution >= 4 is 5.91 Å². The van der Waals surface area contributed by atoms with Crippen LogP contribution >= 0.6 is 0 Å². The first-order chi connectivity index (χ1) is 10.6. The third-order valence-corrected chi connectivity index (χ3v) is 4.35. The van der Waals surface area contributed by atoms with Gasteiger partial charge in [0.25, 0.3) is 5.91 Å². The molecule has 0 aliphatic carbocycles. The molecule has 0 spiro atoms. The molecule has 2 atom stereocenters. The Morgan fingerprint density at radius 1 is 1.32 bits per heavy atom. The van der Waals surface area contributed by atoms with E-state index in [0.717, 1.165) is 50.9 Å². The zero-order valence-electron chi connectivity index (χ0n) is 13.5. The number of nitrogens with zero attached hydrogens (tertiary/aromatic N) is 3. The van der Waals surface area contributed by atoms with Crippen LogP contribution in [0.5, 0.6) is 0 Å². The van der Waals surface area contributed by atoms with E-state index in [1.54, 1.807) is 0 Å². The van der Waals surface area contributed by atoms with Crippen LogP contribution < -0.4 is 0 Å². The van der Waals surface area contributed by atoms with Crippen molar-refractivity contribution in [2.75, 3.05) is 13.2 Å². The van der Waals surface area contributed by atoms with Gasteiger partial charge in [-0.25, -0.2) is 0 Å². The van der Waals surface area contributed by atoms with Gasteiger partial charge in [-0.05, 0) is 38.0 Å². The van der Waals surface area contributed by atoms with Crippen LogP contribution in [0.15, 0.2) is 4.52 Å². The number of likely N-dealkylation sites (tertiary alicyclic amines) is 1. The molecule has 3 rings (SSSR count). The lowest BCUT2D eigenvalue weighted by molar-refractivity contribution is -0.145. The molecule has 2 fully saturated rings. The average molecular weight is 307 g/mol. The van der Waals surface area contributed by atoms with Gasteiger partial charge in [0.1, 0.15) is 12.1 Å². The molecular weight excluding hydrogens is 282 g/mol. The zero-order valence-corrected chi connectivity index (χ0v) is 13.5. The van der Waals surface area contributed by atoms with Gasteiger partial charge in [-0.2, -0.15) is 4.98 Å². The van der Waals surface area contributed by atoms with Crippen molar-refractivity contribution in [2.24, 2.45) is 5.92 Å². The van der Waals surface area contributed by atoms with Gasteiger partial charge in [0.05, 0.1) is 0 Å². The van der Waals surface area contributed by atoms with Crippen LogP contribution in [0.1, 0.15) is 63.7 Å². The van der Waals surface area contributed by atoms with Crippen molar-refractivity contribution in [3.05, 3.63) is 11.7 Å². The highest BCUT2D eigenvalue weighted by atomic mass is 16.5. The van der Waals surface area contributed by atoms with E-state index in [4.69, 9.17) is 9.26 Å². The van der Waals surface area contributed by atoms with Crippen LogP contribution in [0.2, 0.25) is 0 Å². The summed E-state index contributed by atoms with van der Waals surface area (Å²) in [5.41, 5.74) is 0. The fraction of sp³-hybridized carbons (Fsp3) is 0.812. The summed E-state index contributed by atoms with van der Waals surface area (Å²) in [6.07, 6.45) is 5.32. The van der Waals surface area contributed by atoms with E-state index in [0.29, 0.717) is 18.4 Å². The zero-order chi connectivity index (χ0) is 15.5. The Morgan fingerprint density at radius 3 is 2.91 bits per heavy atom. The quantitative estimate of drug-likeness (QED) is 0.855. The Balaban J connectivity index is 1.74. The van der Waals surface area contributed by atoms with Crippen molar-refractivity contribution in [3.8, 4) is 0 Å². The maximum Gasteiger partial charge on any atom is 0.252 e. The molecule has 2 aliphatic rings. The number of rotatable bonds is 4. The number of ether oxygens (including phenoxy) is 1. The summed E-state index contributed by atoms with van der Waals surface area (Å²) in [5.74, 6) is 1.90. The molecule has 1 aromatic rings. The van der Waals surface area contributed by atoms with Crippen LogP contribution in [0, 0.1) is 5.92 Å². The second-order valence-corrected chi connectivity index (χ2v) is 6.69. The van der Waals surface area contributed by atoms with Crippen LogP contribution in [-0.2, 0) is 16.0 Å². The van der Waals surface area contributed by atoms with E-state index in [1.807, 2.05) is 4.90 Å². The van der Waals surface area contributed by atoms with E-state index < -0.39 is 0 Å². The van der Waals surface area contributed by atoms with Crippen molar-refractivity contribution < 1.29 is 14.1 Å². The maximum absolute atomic E-state index is 12.7. The Hall–Kier alpha value is -1.43. The molecule has 122 valence electrons. The van der Waals surface area contributed by atoms with Crippen LogP contribution in [0.25, 0.3) is 0 Å². The summed E-state index contributed by atoms with van der Waals surface area (Å²) in [7, 11) is 0. The molecule has 2 saturated heterocycles. The minimum Gasteiger partial charge on any atom is -0.368 e. The SMILES string of the molecule is CC(C)Cc1noc([C@@H]2CCCCN2C(=O)[C@@H]2CCCO2)n1. The highest BCUT2D eigenvalue weighted by Crippen LogP contribution is 2.32. The molecule has 1 aromatic heterocycles. The lowest BCUT2D eigenvalue weighted by atomic mass is 10.0. The summed E-state index contributed by atoms with van der Waals surface area (Å²) in [5, 5.41) is 4.07. The van der Waals surface area contributed by atoms with E-state index in [2.05, 4.69) is 24.0 Å². The fourth-order valence-electron chi connectivity index (χ4n) is 3.26. The molecule has 6 heteroatoms. The number of carbonyl (C=O) groups is 1. The van der Waals surface area contributed by atoms with E-state index in [1.165, 1.54) is 0 Å². The van der Waals surface area contributed by atoms with Gasteiger partial charge in [0.15, 0.2) is 5.82 Å². The Bertz CT molecular complexity index is 508. The van der Waals surface area contributed by atoms with Crippen LogP contribution in [0.3, 0.4) is 0 Å². The highest BCUT2D eigenvalue weighted by molar-refractivity contribution is 5.81. The standard InChI is InChI=1S/C16H25N3O3/c1-11(2)10-14-17-15(22-18-14)12-6-3-4-8-19(12)16(20)13-7-5-9-21-13/h11-13H,3-10H2,1-2H3/t12-,13-/m0/s1. The minimum atomic E-state index is -0.279. The Labute approximate surface area is 131 Å². The number of hydrogen-bond acceptors (Lipinski definition) is 5. The second kappa shape index (κ2) is 6.77. The van der Waals surface area contributed by atoms with Crippen molar-refractivity contribution in [2.45, 2.75) is 64.5 Å². The average Bonchev–Trinajstić information content (AvgIpc) is 3.17. The lowest BCUT2D eigenvalue weighted by Gasteiger charge is -2.34. The summed E-state index contributed by atoms with van der Waals surface area (Å²) < 4.78 is 11.0. The molecule has 0 aromatic carbocycles. The van der Waals surface area contributed by atoms with Gasteiger partial charge in [-0.15, -0.1) is 0 Å². The maximum atomic E-state index is 12.7. The van der Waals surface area contributed by atoms with Crippen LogP contribution in [0.4, 0.5) is 0 Å². The van der Waals surface area contributed by atoms with Gasteiger partial charge < -0.3 is 14.2 Å². The largest absolute Gasteiger partial charge is 0.368 e. The van der Waals surface area contributed by atoms with E-state index >= 15 is 0 Å². The van der Waals surface area contributed by atoms with Gasteiger partial charge in [-0.3, -0.25) is 4.79 Å². The van der Waals surface area contributed by atoms with Gasteiger partial charge in [0, 0.05) is 19.6 Å². The third-order valence-electron chi connectivity index (χ3n) is 4.35. The summed E-state index contributed by atoms with van der Waals surface area (Å²) in [6, 6.07) is -0.0844. The first-order valence-corrected chi connectivity index (χ1v) is 8.39. The molecule has 0 radical (unpaired) electrons. The topological polar surface area (TPSA) is 68.5 Å². The third kappa shape index (κ3) is 3.32. The summed E-state index contributed by atoms with van der Waals surface area (Å²) >= 11 is 0. The van der Waals surface area contributed by atoms with Gasteiger partial charge in [-0.1, -0.05) is 19.0 Å². The predicted octanol–water partition coefficient (Wildman–Crippen LogP) is 2.50. The predicted molar refractivity (Wildman–Crippen MR) is 80.1 cm³/mol. The number of aromatic nitrogens is 2. The molecule has 2 aliphatic heterocycles. The minimum absolute atomic E-state index is 0.0844. The number of hydrogen-bond donors (Lipinski definition) is 0. The van der Waals surface area contributed by atoms with Gasteiger partial charge in [0.2, 0.25) is 5.89 Å². The van der Waals surface area contributed by atoms with Crippen LogP contribution in [-0.4, -0.2) is 40.2 Å². The molecule has 0 bridgehead atoms. The van der Waals surface area contributed by atoms with E-state index in [-0.39, 0.29) is 18.1 Å². The monoisotopic (exact) mass is 307 g/mol. The smallest absolute Gasteiger partial charge is 0.252 e. The molecule has 6 nitrogen and oxygen atoms in total. The Kier molecular flexibility index (Phi) is 4.76. The first-order valence-electron chi connectivity index (χ1n) is 8.39. The van der Waals surface area contributed by atoms with E-state index in [9.17, 15) is 4.79 Å². The number of carbonyl (C=O) groups excluding carboxylic acids is 1. The molecule has 22 heavy (non-hydrogen) atoms. The molecule has 3 heterocycles. The second-order valence-electron chi connectivity index (χ2n) is 6.69. The summed E-state index contributed by atoms with van der Waals surface area (Å²) in [4.78, 5) is 19.1. The van der Waals surface area contributed by atoms with Crippen molar-refractivity contribution in [1.82, 2.24) is 15.0 Å².